The van der Waals surface area contributed by atoms with Crippen LogP contribution >= 0.6 is 11.8 Å². The Morgan fingerprint density at radius 2 is 2.06 bits per heavy atom. The molecule has 0 aliphatic rings. The van der Waals surface area contributed by atoms with Gasteiger partial charge in [0.2, 0.25) is 0 Å². The quantitative estimate of drug-likeness (QED) is 0.863. The molecule has 1 atom stereocenters. The summed E-state index contributed by atoms with van der Waals surface area (Å²) in [5.74, 6) is 1.000. The fourth-order valence-corrected chi connectivity index (χ4v) is 2.64. The molecule has 0 aliphatic heterocycles. The van der Waals surface area contributed by atoms with Gasteiger partial charge in [0, 0.05) is 35.2 Å². The topological polar surface area (TPSA) is 43.8 Å². The molecule has 0 fully saturated rings. The monoisotopic (exact) mass is 269 g/mol. The Morgan fingerprint density at radius 3 is 2.56 bits per heavy atom. The molecular weight excluding hydrogens is 242 g/mol. The lowest BCUT2D eigenvalue weighted by Crippen LogP contribution is -2.29. The van der Waals surface area contributed by atoms with E-state index in [9.17, 15) is 0 Å². The molecule has 1 heterocycles. The summed E-state index contributed by atoms with van der Waals surface area (Å²) in [7, 11) is 0. The van der Waals surface area contributed by atoms with E-state index in [0.29, 0.717) is 0 Å². The van der Waals surface area contributed by atoms with Crippen molar-refractivity contribution in [1.29, 1.82) is 0 Å². The van der Waals surface area contributed by atoms with E-state index < -0.39 is 0 Å². The van der Waals surface area contributed by atoms with Crippen LogP contribution in [0.15, 0.2) is 6.07 Å². The van der Waals surface area contributed by atoms with Crippen LogP contribution in [-0.2, 0) is 19.4 Å². The highest BCUT2D eigenvalue weighted by Crippen LogP contribution is 2.24. The second-order valence-corrected chi connectivity index (χ2v) is 7.53. The van der Waals surface area contributed by atoms with E-state index >= 15 is 0 Å². The van der Waals surface area contributed by atoms with Crippen LogP contribution < -0.4 is 5.73 Å². The smallest absolute Gasteiger partial charge is 0.0624 e. The van der Waals surface area contributed by atoms with Crippen molar-refractivity contribution >= 4 is 11.8 Å². The van der Waals surface area contributed by atoms with Crippen LogP contribution in [0.3, 0.4) is 0 Å². The van der Waals surface area contributed by atoms with E-state index in [0.717, 1.165) is 25.1 Å². The minimum atomic E-state index is 0.209. The van der Waals surface area contributed by atoms with Crippen molar-refractivity contribution in [2.75, 3.05) is 5.75 Å². The molecule has 1 aromatic heterocycles. The standard InChI is InChI=1S/C14H27N3S/c1-6-12-9-13(17(7-2)16-12)8-11(15)10-18-14(3,4)5/h9,11H,6-8,10,15H2,1-5H3. The van der Waals surface area contributed by atoms with E-state index in [-0.39, 0.29) is 10.8 Å². The summed E-state index contributed by atoms with van der Waals surface area (Å²) < 4.78 is 2.37. The molecule has 0 saturated carbocycles. The average molecular weight is 269 g/mol. The first-order chi connectivity index (χ1) is 8.35. The second-order valence-electron chi connectivity index (χ2n) is 5.68. The normalized spacial score (nSPS) is 13.9. The Balaban J connectivity index is 2.58. The molecule has 1 rings (SSSR count). The third-order valence-corrected chi connectivity index (χ3v) is 4.24. The molecule has 1 unspecified atom stereocenters. The molecule has 18 heavy (non-hydrogen) atoms. The number of nitrogens with two attached hydrogens (primary N) is 1. The molecule has 0 bridgehead atoms. The molecule has 0 spiro atoms. The summed E-state index contributed by atoms with van der Waals surface area (Å²) in [5.41, 5.74) is 8.67. The predicted molar refractivity (Wildman–Crippen MR) is 81.2 cm³/mol. The van der Waals surface area contributed by atoms with Crippen molar-refractivity contribution in [2.45, 2.75) is 64.8 Å². The summed E-state index contributed by atoms with van der Waals surface area (Å²) in [6.45, 7) is 11.9. The largest absolute Gasteiger partial charge is 0.327 e. The zero-order valence-electron chi connectivity index (χ0n) is 12.4. The fraction of sp³-hybridized carbons (Fsp3) is 0.786. The lowest BCUT2D eigenvalue weighted by Gasteiger charge is -2.20. The van der Waals surface area contributed by atoms with Gasteiger partial charge in [-0.15, -0.1) is 0 Å². The van der Waals surface area contributed by atoms with Gasteiger partial charge < -0.3 is 5.73 Å². The summed E-state index contributed by atoms with van der Waals surface area (Å²) >= 11 is 1.93. The van der Waals surface area contributed by atoms with Crippen LogP contribution in [0, 0.1) is 0 Å². The molecule has 0 radical (unpaired) electrons. The van der Waals surface area contributed by atoms with Crippen LogP contribution in [0.25, 0.3) is 0 Å². The number of hydrogen-bond donors (Lipinski definition) is 1. The molecule has 0 aliphatic carbocycles. The Morgan fingerprint density at radius 1 is 1.39 bits per heavy atom. The van der Waals surface area contributed by atoms with Gasteiger partial charge in [-0.25, -0.2) is 0 Å². The molecular formula is C14H27N3S. The van der Waals surface area contributed by atoms with Crippen molar-refractivity contribution in [3.8, 4) is 0 Å². The number of aromatic nitrogens is 2. The van der Waals surface area contributed by atoms with Crippen molar-refractivity contribution < 1.29 is 0 Å². The molecule has 3 nitrogen and oxygen atoms in total. The van der Waals surface area contributed by atoms with Crippen LogP contribution in [0.2, 0.25) is 0 Å². The highest BCUT2D eigenvalue weighted by molar-refractivity contribution is 8.00. The van der Waals surface area contributed by atoms with E-state index in [1.54, 1.807) is 0 Å². The molecule has 1 aromatic rings. The minimum Gasteiger partial charge on any atom is -0.327 e. The summed E-state index contributed by atoms with van der Waals surface area (Å²) in [6.07, 6.45) is 1.91. The van der Waals surface area contributed by atoms with Gasteiger partial charge >= 0.3 is 0 Å². The summed E-state index contributed by atoms with van der Waals surface area (Å²) in [4.78, 5) is 0. The van der Waals surface area contributed by atoms with Gasteiger partial charge in [0.15, 0.2) is 0 Å². The van der Waals surface area contributed by atoms with Crippen molar-refractivity contribution in [2.24, 2.45) is 5.73 Å². The maximum atomic E-state index is 6.23. The molecule has 2 N–H and O–H groups in total. The lowest BCUT2D eigenvalue weighted by atomic mass is 10.2. The number of aryl methyl sites for hydroxylation is 2. The first kappa shape index (κ1) is 15.6. The van der Waals surface area contributed by atoms with Gasteiger partial charge in [0.1, 0.15) is 0 Å². The minimum absolute atomic E-state index is 0.209. The van der Waals surface area contributed by atoms with E-state index in [1.807, 2.05) is 11.8 Å². The van der Waals surface area contributed by atoms with Gasteiger partial charge in [0.05, 0.1) is 5.69 Å². The van der Waals surface area contributed by atoms with Crippen LogP contribution in [-0.4, -0.2) is 26.3 Å². The molecule has 0 amide bonds. The van der Waals surface area contributed by atoms with Crippen molar-refractivity contribution in [3.05, 3.63) is 17.5 Å². The summed E-state index contributed by atoms with van der Waals surface area (Å²) in [5, 5.41) is 4.56. The Bertz CT molecular complexity index is 366. The van der Waals surface area contributed by atoms with Crippen LogP contribution in [0.1, 0.15) is 46.0 Å². The lowest BCUT2D eigenvalue weighted by molar-refractivity contribution is 0.591. The van der Waals surface area contributed by atoms with E-state index in [4.69, 9.17) is 5.73 Å². The zero-order valence-corrected chi connectivity index (χ0v) is 13.2. The first-order valence-corrected chi connectivity index (χ1v) is 7.79. The third-order valence-electron chi connectivity index (χ3n) is 2.78. The molecule has 4 heteroatoms. The van der Waals surface area contributed by atoms with E-state index in [1.165, 1.54) is 11.4 Å². The Hall–Kier alpha value is -0.480. The summed E-state index contributed by atoms with van der Waals surface area (Å²) in [6, 6.07) is 2.41. The van der Waals surface area contributed by atoms with Crippen LogP contribution in [0.4, 0.5) is 0 Å². The maximum absolute atomic E-state index is 6.23. The SMILES string of the molecule is CCc1cc(CC(N)CSC(C)(C)C)n(CC)n1. The van der Waals surface area contributed by atoms with Gasteiger partial charge in [-0.2, -0.15) is 16.9 Å². The highest BCUT2D eigenvalue weighted by Gasteiger charge is 2.15. The maximum Gasteiger partial charge on any atom is 0.0624 e. The van der Waals surface area contributed by atoms with Gasteiger partial charge in [0.25, 0.3) is 0 Å². The Kier molecular flexibility index (Phi) is 5.73. The zero-order chi connectivity index (χ0) is 13.8. The van der Waals surface area contributed by atoms with Gasteiger partial charge in [-0.3, -0.25) is 4.68 Å². The fourth-order valence-electron chi connectivity index (χ4n) is 1.81. The third kappa shape index (κ3) is 5.02. The Labute approximate surface area is 116 Å². The van der Waals surface area contributed by atoms with Crippen molar-refractivity contribution in [1.82, 2.24) is 9.78 Å². The van der Waals surface area contributed by atoms with E-state index in [2.05, 4.69) is 50.5 Å². The predicted octanol–water partition coefficient (Wildman–Crippen LogP) is 2.87. The molecule has 0 saturated heterocycles. The van der Waals surface area contributed by atoms with Gasteiger partial charge in [-0.1, -0.05) is 27.7 Å². The van der Waals surface area contributed by atoms with Gasteiger partial charge in [-0.05, 0) is 19.4 Å². The highest BCUT2D eigenvalue weighted by atomic mass is 32.2. The number of thioether (sulfide) groups is 1. The average Bonchev–Trinajstić information content (AvgIpc) is 2.68. The number of rotatable bonds is 6. The molecule has 0 aromatic carbocycles. The van der Waals surface area contributed by atoms with Crippen molar-refractivity contribution in [3.63, 3.8) is 0 Å². The number of hydrogen-bond acceptors (Lipinski definition) is 3. The second kappa shape index (κ2) is 6.62. The van der Waals surface area contributed by atoms with Crippen LogP contribution in [0.5, 0.6) is 0 Å². The molecule has 104 valence electrons. The number of nitrogens with zero attached hydrogens (tertiary/aromatic N) is 2. The first-order valence-electron chi connectivity index (χ1n) is 6.80.